The van der Waals surface area contributed by atoms with Crippen LogP contribution in [-0.2, 0) is 13.0 Å². The Labute approximate surface area is 124 Å². The lowest BCUT2D eigenvalue weighted by atomic mass is 10.0. The van der Waals surface area contributed by atoms with Crippen LogP contribution < -0.4 is 10.1 Å². The molecule has 0 radical (unpaired) electrons. The zero-order chi connectivity index (χ0) is 15.2. The second-order valence-corrected chi connectivity index (χ2v) is 4.65. The van der Waals surface area contributed by atoms with Gasteiger partial charge in [-0.15, -0.1) is 0 Å². The number of anilines is 1. The normalized spacial score (nSPS) is 10.2. The number of hydrogen-bond donors (Lipinski definition) is 2. The van der Waals surface area contributed by atoms with Gasteiger partial charge in [0.1, 0.15) is 5.75 Å². The molecule has 0 saturated heterocycles. The van der Waals surface area contributed by atoms with Crippen LogP contribution >= 0.6 is 0 Å². The predicted octanol–water partition coefficient (Wildman–Crippen LogP) is 3.00. The van der Waals surface area contributed by atoms with Gasteiger partial charge >= 0.3 is 0 Å². The Hall–Kier alpha value is -2.33. The van der Waals surface area contributed by atoms with Crippen molar-refractivity contribution in [3.05, 3.63) is 59.2 Å². The van der Waals surface area contributed by atoms with Crippen LogP contribution in [0.1, 0.15) is 28.4 Å². The van der Waals surface area contributed by atoms with Gasteiger partial charge in [0.15, 0.2) is 0 Å². The lowest BCUT2D eigenvalue weighted by Gasteiger charge is -2.11. The number of hydrogen-bond acceptors (Lipinski definition) is 3. The highest BCUT2D eigenvalue weighted by Gasteiger charge is 2.11. The van der Waals surface area contributed by atoms with Crippen molar-refractivity contribution in [2.45, 2.75) is 20.0 Å². The van der Waals surface area contributed by atoms with Gasteiger partial charge < -0.3 is 15.2 Å². The van der Waals surface area contributed by atoms with Gasteiger partial charge in [-0.1, -0.05) is 25.1 Å². The summed E-state index contributed by atoms with van der Waals surface area (Å²) in [5.74, 6) is 0.450. The summed E-state index contributed by atoms with van der Waals surface area (Å²) < 4.78 is 5.14. The third-order valence-electron chi connectivity index (χ3n) is 3.35. The number of methoxy groups -OCH3 is 1. The number of rotatable bonds is 5. The Morgan fingerprint density at radius 3 is 2.62 bits per heavy atom. The van der Waals surface area contributed by atoms with E-state index in [1.807, 2.05) is 31.2 Å². The molecular weight excluding hydrogens is 266 g/mol. The molecule has 110 valence electrons. The Balaban J connectivity index is 2.23. The van der Waals surface area contributed by atoms with E-state index >= 15 is 0 Å². The smallest absolute Gasteiger partial charge is 0.255 e. The first-order valence-corrected chi connectivity index (χ1v) is 6.86. The molecule has 0 aliphatic heterocycles. The van der Waals surface area contributed by atoms with Gasteiger partial charge in [0, 0.05) is 16.8 Å². The lowest BCUT2D eigenvalue weighted by molar-refractivity contribution is 0.102. The van der Waals surface area contributed by atoms with Crippen molar-refractivity contribution in [1.82, 2.24) is 0 Å². The van der Waals surface area contributed by atoms with E-state index in [4.69, 9.17) is 4.74 Å². The number of benzene rings is 2. The molecule has 0 fully saturated rings. The van der Waals surface area contributed by atoms with E-state index < -0.39 is 0 Å². The van der Waals surface area contributed by atoms with Gasteiger partial charge in [-0.3, -0.25) is 4.79 Å². The second kappa shape index (κ2) is 6.90. The average Bonchev–Trinajstić information content (AvgIpc) is 2.54. The molecule has 4 nitrogen and oxygen atoms in total. The molecule has 0 atom stereocenters. The minimum Gasteiger partial charge on any atom is -0.496 e. The fraction of sp³-hybridized carbons (Fsp3) is 0.235. The van der Waals surface area contributed by atoms with Crippen LogP contribution in [0.5, 0.6) is 5.75 Å². The van der Waals surface area contributed by atoms with Crippen LogP contribution in [0.4, 0.5) is 5.69 Å². The highest BCUT2D eigenvalue weighted by molar-refractivity contribution is 6.05. The molecule has 0 aromatic heterocycles. The molecule has 2 aromatic carbocycles. The van der Waals surface area contributed by atoms with Crippen molar-refractivity contribution in [3.8, 4) is 5.75 Å². The van der Waals surface area contributed by atoms with Crippen molar-refractivity contribution in [3.63, 3.8) is 0 Å². The molecule has 2 rings (SSSR count). The number of aliphatic hydroxyl groups is 1. The first kappa shape index (κ1) is 15.1. The molecular formula is C17H19NO3. The second-order valence-electron chi connectivity index (χ2n) is 4.65. The lowest BCUT2D eigenvalue weighted by Crippen LogP contribution is -2.14. The van der Waals surface area contributed by atoms with Gasteiger partial charge in [0.25, 0.3) is 5.91 Å². The van der Waals surface area contributed by atoms with Gasteiger partial charge in [0.2, 0.25) is 0 Å². The largest absolute Gasteiger partial charge is 0.496 e. The molecule has 0 bridgehead atoms. The van der Waals surface area contributed by atoms with Gasteiger partial charge in [-0.25, -0.2) is 0 Å². The first-order chi connectivity index (χ1) is 10.2. The zero-order valence-corrected chi connectivity index (χ0v) is 12.2. The Kier molecular flexibility index (Phi) is 4.95. The Morgan fingerprint density at radius 1 is 1.19 bits per heavy atom. The minimum atomic E-state index is -0.151. The fourth-order valence-corrected chi connectivity index (χ4v) is 2.23. The van der Waals surface area contributed by atoms with Crippen LogP contribution in [0.15, 0.2) is 42.5 Å². The van der Waals surface area contributed by atoms with Crippen LogP contribution in [0, 0.1) is 0 Å². The topological polar surface area (TPSA) is 58.6 Å². The molecule has 2 N–H and O–H groups in total. The number of ether oxygens (including phenoxy) is 1. The van der Waals surface area contributed by atoms with Crippen LogP contribution in [0.25, 0.3) is 0 Å². The molecule has 4 heteroatoms. The molecule has 0 spiro atoms. The number of amides is 1. The summed E-state index contributed by atoms with van der Waals surface area (Å²) in [6.07, 6.45) is 0.800. The van der Waals surface area contributed by atoms with E-state index in [0.717, 1.165) is 12.0 Å². The Morgan fingerprint density at radius 2 is 1.95 bits per heavy atom. The summed E-state index contributed by atoms with van der Waals surface area (Å²) in [5.41, 5.74) is 2.95. The minimum absolute atomic E-state index is 0.140. The van der Waals surface area contributed by atoms with Gasteiger partial charge in [-0.05, 0) is 36.2 Å². The van der Waals surface area contributed by atoms with E-state index in [1.54, 1.807) is 25.3 Å². The van der Waals surface area contributed by atoms with Crippen molar-refractivity contribution < 1.29 is 14.6 Å². The number of aliphatic hydroxyl groups excluding tert-OH is 1. The Bertz CT molecular complexity index is 638. The van der Waals surface area contributed by atoms with Crippen molar-refractivity contribution >= 4 is 11.6 Å². The molecule has 0 aliphatic carbocycles. The number of carbonyl (C=O) groups is 1. The van der Waals surface area contributed by atoms with Crippen LogP contribution in [-0.4, -0.2) is 18.1 Å². The van der Waals surface area contributed by atoms with E-state index in [0.29, 0.717) is 22.6 Å². The van der Waals surface area contributed by atoms with E-state index in [1.165, 1.54) is 0 Å². The van der Waals surface area contributed by atoms with E-state index in [2.05, 4.69) is 5.32 Å². The molecule has 0 unspecified atom stereocenters. The summed E-state index contributed by atoms with van der Waals surface area (Å²) in [5, 5.41) is 12.2. The number of carbonyl (C=O) groups excluding carboxylic acids is 1. The van der Waals surface area contributed by atoms with E-state index in [9.17, 15) is 9.90 Å². The average molecular weight is 285 g/mol. The zero-order valence-electron chi connectivity index (χ0n) is 12.2. The fourth-order valence-electron chi connectivity index (χ4n) is 2.23. The summed E-state index contributed by atoms with van der Waals surface area (Å²) in [7, 11) is 1.55. The van der Waals surface area contributed by atoms with Crippen molar-refractivity contribution in [2.24, 2.45) is 0 Å². The molecule has 0 heterocycles. The maximum absolute atomic E-state index is 12.3. The monoisotopic (exact) mass is 285 g/mol. The third kappa shape index (κ3) is 3.41. The number of nitrogens with one attached hydrogen (secondary N) is 1. The maximum Gasteiger partial charge on any atom is 0.255 e. The maximum atomic E-state index is 12.3. The van der Waals surface area contributed by atoms with E-state index in [-0.39, 0.29) is 12.5 Å². The van der Waals surface area contributed by atoms with Crippen molar-refractivity contribution in [2.75, 3.05) is 12.4 Å². The summed E-state index contributed by atoms with van der Waals surface area (Å²) in [6, 6.07) is 12.7. The number of aryl methyl sites for hydroxylation is 1. The predicted molar refractivity (Wildman–Crippen MR) is 82.7 cm³/mol. The summed E-state index contributed by atoms with van der Waals surface area (Å²) in [6.45, 7) is 1.88. The highest BCUT2D eigenvalue weighted by Crippen LogP contribution is 2.23. The standard InChI is InChI=1S/C17H19NO3/c1-3-12-6-4-5-7-15(12)17(20)18-14-8-9-16(21-2)13(10-14)11-19/h4-10,19H,3,11H2,1-2H3,(H,18,20). The molecule has 1 amide bonds. The van der Waals surface area contributed by atoms with Gasteiger partial charge in [0.05, 0.1) is 13.7 Å². The SMILES string of the molecule is CCc1ccccc1C(=O)Nc1ccc(OC)c(CO)c1. The molecule has 21 heavy (non-hydrogen) atoms. The third-order valence-corrected chi connectivity index (χ3v) is 3.35. The highest BCUT2D eigenvalue weighted by atomic mass is 16.5. The molecule has 0 saturated carbocycles. The molecule has 2 aromatic rings. The summed E-state index contributed by atoms with van der Waals surface area (Å²) >= 11 is 0. The quantitative estimate of drug-likeness (QED) is 0.888. The van der Waals surface area contributed by atoms with Gasteiger partial charge in [-0.2, -0.15) is 0 Å². The van der Waals surface area contributed by atoms with Crippen molar-refractivity contribution in [1.29, 1.82) is 0 Å². The first-order valence-electron chi connectivity index (χ1n) is 6.86. The molecule has 0 aliphatic rings. The summed E-state index contributed by atoms with van der Waals surface area (Å²) in [4.78, 5) is 12.3. The van der Waals surface area contributed by atoms with Crippen LogP contribution in [0.2, 0.25) is 0 Å². The van der Waals surface area contributed by atoms with Crippen LogP contribution in [0.3, 0.4) is 0 Å².